The first-order valence-electron chi connectivity index (χ1n) is 19.5. The Morgan fingerprint density at radius 2 is 1.67 bits per heavy atom. The quantitative estimate of drug-likeness (QED) is 0.104. The number of furan rings is 1. The van der Waals surface area contributed by atoms with Gasteiger partial charge in [0, 0.05) is 39.2 Å². The lowest BCUT2D eigenvalue weighted by atomic mass is 9.44. The van der Waals surface area contributed by atoms with Gasteiger partial charge in [-0.25, -0.2) is 14.4 Å². The first-order valence-corrected chi connectivity index (χ1v) is 19.5. The van der Waals surface area contributed by atoms with Crippen LogP contribution in [0.3, 0.4) is 0 Å². The van der Waals surface area contributed by atoms with Gasteiger partial charge in [0.2, 0.25) is 0 Å². The Bertz CT molecular complexity index is 2010. The van der Waals surface area contributed by atoms with E-state index >= 15 is 4.79 Å². The van der Waals surface area contributed by atoms with Crippen LogP contribution in [0.2, 0.25) is 0 Å². The lowest BCUT2D eigenvalue weighted by Crippen LogP contribution is -2.82. The molecule has 4 aliphatic rings. The number of fused-ring (bicyclic) bond motifs is 5. The molecule has 2 aromatic rings. The number of methoxy groups -OCH3 is 1. The topological polar surface area (TPSA) is 253 Å². The highest BCUT2D eigenvalue weighted by molar-refractivity contribution is 5.95. The Kier molecular flexibility index (Phi) is 12.4. The molecule has 1 amide bonds. The highest BCUT2D eigenvalue weighted by atomic mass is 16.6. The summed E-state index contributed by atoms with van der Waals surface area (Å²) in [5.41, 5.74) is -7.80. The Morgan fingerprint density at radius 1 is 0.967 bits per heavy atom. The van der Waals surface area contributed by atoms with Crippen LogP contribution in [0.15, 0.2) is 64.3 Å². The van der Waals surface area contributed by atoms with E-state index in [4.69, 9.17) is 37.6 Å². The number of benzene rings is 1. The average Bonchev–Trinajstić information content (AvgIpc) is 3.73. The molecule has 1 saturated heterocycles. The average molecular weight is 842 g/mol. The Hall–Kier alpha value is -5.14. The number of amides is 1. The molecular weight excluding hydrogens is 790 g/mol. The normalized spacial score (nSPS) is 32.6. The molecule has 3 fully saturated rings. The highest BCUT2D eigenvalue weighted by Crippen LogP contribution is 2.64. The minimum absolute atomic E-state index is 0.0349. The molecule has 11 atom stereocenters. The van der Waals surface area contributed by atoms with Gasteiger partial charge in [0.05, 0.1) is 42.5 Å². The van der Waals surface area contributed by atoms with Crippen LogP contribution in [0.4, 0.5) is 4.79 Å². The van der Waals surface area contributed by atoms with Gasteiger partial charge in [-0.3, -0.25) is 14.4 Å². The van der Waals surface area contributed by atoms with E-state index in [9.17, 15) is 39.3 Å². The molecule has 60 heavy (non-hydrogen) atoms. The smallest absolute Gasteiger partial charge is 0.407 e. The molecule has 6 rings (SSSR count). The maximum atomic E-state index is 15.4. The fourth-order valence-electron chi connectivity index (χ4n) is 9.52. The largest absolute Gasteiger partial charge is 0.467 e. The molecule has 0 spiro atoms. The Balaban J connectivity index is 1.52. The third kappa shape index (κ3) is 7.48. The van der Waals surface area contributed by atoms with Crippen molar-refractivity contribution in [2.45, 2.75) is 108 Å². The summed E-state index contributed by atoms with van der Waals surface area (Å²) < 4.78 is 45.4. The second-order valence-electron chi connectivity index (χ2n) is 16.4. The van der Waals surface area contributed by atoms with E-state index in [2.05, 4.69) is 5.32 Å². The predicted octanol–water partition coefficient (Wildman–Crippen LogP) is 2.27. The van der Waals surface area contributed by atoms with Crippen molar-refractivity contribution in [2.75, 3.05) is 26.9 Å². The maximum Gasteiger partial charge on any atom is 0.407 e. The fraction of sp³-hybridized carbons (Fsp3) is 0.571. The third-order valence-electron chi connectivity index (χ3n) is 12.6. The predicted molar refractivity (Wildman–Crippen MR) is 202 cm³/mol. The zero-order chi connectivity index (χ0) is 43.9. The second kappa shape index (κ2) is 16.7. The number of aliphatic hydroxyl groups is 3. The first-order chi connectivity index (χ1) is 28.2. The highest BCUT2D eigenvalue weighted by Gasteiger charge is 2.78. The molecule has 1 aromatic carbocycles. The number of carbonyl (C=O) groups is 6. The monoisotopic (exact) mass is 841 g/mol. The number of alkyl carbamates (subject to hydrolysis) is 1. The van der Waals surface area contributed by atoms with Gasteiger partial charge in [0.1, 0.15) is 42.3 Å². The fourth-order valence-corrected chi connectivity index (χ4v) is 9.52. The van der Waals surface area contributed by atoms with E-state index < -0.39 is 113 Å². The first kappa shape index (κ1) is 44.4. The van der Waals surface area contributed by atoms with Crippen LogP contribution in [-0.4, -0.2) is 126 Å². The standard InChI is InChI=1S/C42H51NO17/c1-21-26(58-37(50)31(47)30(25-14-11-15-54-25)43-38(51)55-17-16-53-7)19-42(52)35(59-36(49)24-12-9-8-10-13-24)33-40(6,27(46)18-28-41(33,20-56-28)60-23(3)45)34(48)32(57-22(2)44)29(21)39(42,4)5/h8-15,26-28,30-33,35,46-47,52H,16-20H2,1-7H3,(H,43,51)/t26?,27?,28?,30?,31?,32?,33?,35?,40-,41+,42?/m1/s1. The Labute approximate surface area is 345 Å². The molecule has 0 radical (unpaired) electrons. The van der Waals surface area contributed by atoms with Crippen LogP contribution in [0.1, 0.15) is 76.5 Å². The number of aliphatic hydroxyl groups excluding tert-OH is 2. The number of ether oxygens (including phenoxy) is 7. The van der Waals surface area contributed by atoms with E-state index in [0.717, 1.165) is 13.8 Å². The second-order valence-corrected chi connectivity index (χ2v) is 16.4. The molecule has 4 N–H and O–H groups in total. The molecule has 18 heteroatoms. The molecule has 1 aliphatic heterocycles. The SMILES string of the molecule is COCCOC(=O)NC(c1ccco1)C(O)C(=O)OC1CC2(O)C(OC(=O)c3ccccc3)C3[C@]4(OC(C)=O)COC4CC(O)[C@@]3(C)C(=O)C(OC(C)=O)C(=C1C)C2(C)C. The molecule has 2 saturated carbocycles. The summed E-state index contributed by atoms with van der Waals surface area (Å²) in [4.78, 5) is 82.2. The van der Waals surface area contributed by atoms with Crippen molar-refractivity contribution in [3.8, 4) is 0 Å². The summed E-state index contributed by atoms with van der Waals surface area (Å²) in [6.45, 7) is 7.72. The number of esters is 4. The molecule has 2 bridgehead atoms. The van der Waals surface area contributed by atoms with Crippen molar-refractivity contribution in [3.05, 3.63) is 71.2 Å². The van der Waals surface area contributed by atoms with Crippen molar-refractivity contribution in [1.82, 2.24) is 5.32 Å². The molecule has 326 valence electrons. The van der Waals surface area contributed by atoms with Crippen LogP contribution >= 0.6 is 0 Å². The van der Waals surface area contributed by atoms with Gasteiger partial charge in [-0.2, -0.15) is 0 Å². The van der Waals surface area contributed by atoms with E-state index in [1.807, 2.05) is 0 Å². The Morgan fingerprint density at radius 3 is 2.25 bits per heavy atom. The molecule has 2 heterocycles. The van der Waals surface area contributed by atoms with Gasteiger partial charge in [-0.05, 0) is 49.3 Å². The molecule has 9 unspecified atom stereocenters. The van der Waals surface area contributed by atoms with Crippen molar-refractivity contribution in [1.29, 1.82) is 0 Å². The van der Waals surface area contributed by atoms with E-state index in [1.54, 1.807) is 18.2 Å². The van der Waals surface area contributed by atoms with Crippen molar-refractivity contribution in [3.63, 3.8) is 0 Å². The number of hydrogen-bond acceptors (Lipinski definition) is 17. The summed E-state index contributed by atoms with van der Waals surface area (Å²) in [5.74, 6) is -6.49. The molecular formula is C42H51NO17. The number of carbonyl (C=O) groups excluding carboxylic acids is 6. The minimum atomic E-state index is -2.42. The number of rotatable bonds is 12. The van der Waals surface area contributed by atoms with Crippen molar-refractivity contribution >= 4 is 35.8 Å². The lowest BCUT2D eigenvalue weighted by molar-refractivity contribution is -0.346. The van der Waals surface area contributed by atoms with E-state index in [0.29, 0.717) is 0 Å². The van der Waals surface area contributed by atoms with E-state index in [1.165, 1.54) is 65.3 Å². The molecule has 18 nitrogen and oxygen atoms in total. The third-order valence-corrected chi connectivity index (χ3v) is 12.6. The van der Waals surface area contributed by atoms with Crippen LogP contribution in [-0.2, 0) is 52.3 Å². The van der Waals surface area contributed by atoms with E-state index in [-0.39, 0.29) is 48.7 Å². The van der Waals surface area contributed by atoms with Gasteiger partial charge in [0.15, 0.2) is 23.6 Å². The summed E-state index contributed by atoms with van der Waals surface area (Å²) in [5, 5.41) is 39.5. The maximum absolute atomic E-state index is 15.4. The van der Waals surface area contributed by atoms with Crippen molar-refractivity contribution < 1.29 is 81.7 Å². The summed E-state index contributed by atoms with van der Waals surface area (Å²) >= 11 is 0. The number of ketones is 1. The van der Waals surface area contributed by atoms with Crippen LogP contribution in [0.25, 0.3) is 0 Å². The van der Waals surface area contributed by atoms with Gasteiger partial charge in [-0.15, -0.1) is 0 Å². The lowest BCUT2D eigenvalue weighted by Gasteiger charge is -2.67. The van der Waals surface area contributed by atoms with Crippen LogP contribution < -0.4 is 5.32 Å². The summed E-state index contributed by atoms with van der Waals surface area (Å²) in [6, 6.07) is 9.06. The zero-order valence-corrected chi connectivity index (χ0v) is 34.3. The number of hydrogen-bond donors (Lipinski definition) is 4. The van der Waals surface area contributed by atoms with Crippen LogP contribution in [0, 0.1) is 16.7 Å². The molecule has 3 aliphatic carbocycles. The van der Waals surface area contributed by atoms with Crippen molar-refractivity contribution in [2.24, 2.45) is 16.7 Å². The van der Waals surface area contributed by atoms with Gasteiger partial charge >= 0.3 is 30.0 Å². The molecule has 1 aromatic heterocycles. The van der Waals surface area contributed by atoms with Gasteiger partial charge in [-0.1, -0.05) is 32.0 Å². The minimum Gasteiger partial charge on any atom is -0.467 e. The van der Waals surface area contributed by atoms with Gasteiger partial charge in [0.25, 0.3) is 0 Å². The summed E-state index contributed by atoms with van der Waals surface area (Å²) in [7, 11) is 1.40. The summed E-state index contributed by atoms with van der Waals surface area (Å²) in [6.07, 6.45) is -10.6. The van der Waals surface area contributed by atoms with Crippen LogP contribution in [0.5, 0.6) is 0 Å². The number of Topliss-reactive ketones (excluding diaryl/α,β-unsaturated/α-hetero) is 1. The zero-order valence-electron chi connectivity index (χ0n) is 34.3. The van der Waals surface area contributed by atoms with Gasteiger partial charge < -0.3 is 58.2 Å². The number of nitrogens with one attached hydrogen (secondary N) is 1.